The van der Waals surface area contributed by atoms with Gasteiger partial charge in [-0.3, -0.25) is 9.59 Å². The van der Waals surface area contributed by atoms with Crippen LogP contribution in [-0.2, 0) is 11.0 Å². The lowest BCUT2D eigenvalue weighted by Crippen LogP contribution is -2.38. The number of nitrogens with one attached hydrogen (secondary N) is 1. The van der Waals surface area contributed by atoms with E-state index in [9.17, 15) is 22.8 Å². The van der Waals surface area contributed by atoms with E-state index in [4.69, 9.17) is 0 Å². The Morgan fingerprint density at radius 1 is 1.11 bits per heavy atom. The highest BCUT2D eigenvalue weighted by molar-refractivity contribution is 5.96. The van der Waals surface area contributed by atoms with Crippen LogP contribution in [0.15, 0.2) is 42.5 Å². The molecule has 28 heavy (non-hydrogen) atoms. The maximum atomic E-state index is 12.8. The Morgan fingerprint density at radius 2 is 1.75 bits per heavy atom. The molecule has 1 fully saturated rings. The average molecular weight is 390 g/mol. The fourth-order valence-corrected chi connectivity index (χ4v) is 3.52. The Morgan fingerprint density at radius 3 is 2.32 bits per heavy atom. The van der Waals surface area contributed by atoms with Gasteiger partial charge in [-0.2, -0.15) is 13.2 Å². The van der Waals surface area contributed by atoms with Gasteiger partial charge < -0.3 is 10.2 Å². The fourth-order valence-electron chi connectivity index (χ4n) is 3.52. The smallest absolute Gasteiger partial charge is 0.339 e. The average Bonchev–Trinajstić information content (AvgIpc) is 2.69. The first kappa shape index (κ1) is 19.9. The minimum absolute atomic E-state index is 0.111. The van der Waals surface area contributed by atoms with Gasteiger partial charge in [-0.05, 0) is 61.1 Å². The van der Waals surface area contributed by atoms with Crippen molar-refractivity contribution >= 4 is 18.0 Å². The molecule has 0 spiro atoms. The highest BCUT2D eigenvalue weighted by Crippen LogP contribution is 2.33. The lowest BCUT2D eigenvalue weighted by atomic mass is 9.88. The van der Waals surface area contributed by atoms with Crippen LogP contribution in [0, 0.1) is 6.92 Å². The maximum Gasteiger partial charge on any atom is 0.416 e. The maximum absolute atomic E-state index is 12.8. The first-order chi connectivity index (χ1) is 13.3. The Balaban J connectivity index is 1.64. The molecule has 1 saturated heterocycles. The van der Waals surface area contributed by atoms with Gasteiger partial charge in [0.1, 0.15) is 0 Å². The highest BCUT2D eigenvalue weighted by Gasteiger charge is 2.31. The van der Waals surface area contributed by atoms with Crippen molar-refractivity contribution in [1.29, 1.82) is 0 Å². The molecule has 0 saturated carbocycles. The summed E-state index contributed by atoms with van der Waals surface area (Å²) in [5.41, 5.74) is 2.18. The third kappa shape index (κ3) is 4.35. The number of nitrogens with zero attached hydrogens (tertiary/aromatic N) is 1. The number of anilines is 1. The summed E-state index contributed by atoms with van der Waals surface area (Å²) in [7, 11) is 0. The molecule has 1 heterocycles. The van der Waals surface area contributed by atoms with E-state index in [1.165, 1.54) is 12.1 Å². The van der Waals surface area contributed by atoms with Crippen molar-refractivity contribution in [2.24, 2.45) is 0 Å². The SMILES string of the molecule is Cc1ccc(C(=O)N2CCC(c3ccc(C(F)(F)F)cc3)CC2)cc1NC=O. The molecule has 1 aliphatic heterocycles. The van der Waals surface area contributed by atoms with Gasteiger partial charge in [0.15, 0.2) is 0 Å². The number of rotatable bonds is 4. The van der Waals surface area contributed by atoms with Crippen LogP contribution in [0.4, 0.5) is 18.9 Å². The number of likely N-dealkylation sites (tertiary alicyclic amines) is 1. The van der Waals surface area contributed by atoms with Gasteiger partial charge in [0, 0.05) is 24.3 Å². The number of benzene rings is 2. The van der Waals surface area contributed by atoms with Gasteiger partial charge in [-0.1, -0.05) is 18.2 Å². The van der Waals surface area contributed by atoms with Crippen molar-refractivity contribution < 1.29 is 22.8 Å². The van der Waals surface area contributed by atoms with Gasteiger partial charge in [-0.25, -0.2) is 0 Å². The van der Waals surface area contributed by atoms with Gasteiger partial charge in [-0.15, -0.1) is 0 Å². The van der Waals surface area contributed by atoms with Crippen LogP contribution in [0.3, 0.4) is 0 Å². The molecule has 0 atom stereocenters. The number of hydrogen-bond donors (Lipinski definition) is 1. The summed E-state index contributed by atoms with van der Waals surface area (Å²) in [6.45, 7) is 2.92. The molecule has 148 valence electrons. The number of piperidine rings is 1. The normalized spacial score (nSPS) is 15.4. The largest absolute Gasteiger partial charge is 0.416 e. The van der Waals surface area contributed by atoms with Gasteiger partial charge >= 0.3 is 6.18 Å². The van der Waals surface area contributed by atoms with Crippen molar-refractivity contribution in [1.82, 2.24) is 4.90 Å². The predicted molar refractivity (Wildman–Crippen MR) is 100 cm³/mol. The first-order valence-corrected chi connectivity index (χ1v) is 9.07. The van der Waals surface area contributed by atoms with E-state index in [1.807, 2.05) is 6.92 Å². The molecule has 1 N–H and O–H groups in total. The second kappa shape index (κ2) is 8.04. The minimum atomic E-state index is -4.33. The van der Waals surface area contributed by atoms with Crippen LogP contribution in [0.25, 0.3) is 0 Å². The van der Waals surface area contributed by atoms with E-state index in [0.29, 0.717) is 43.6 Å². The quantitative estimate of drug-likeness (QED) is 0.776. The van der Waals surface area contributed by atoms with E-state index in [-0.39, 0.29) is 11.8 Å². The third-order valence-electron chi connectivity index (χ3n) is 5.19. The molecule has 0 unspecified atom stereocenters. The molecule has 7 heteroatoms. The van der Waals surface area contributed by atoms with E-state index in [1.54, 1.807) is 23.1 Å². The Bertz CT molecular complexity index is 855. The van der Waals surface area contributed by atoms with Crippen LogP contribution in [0.5, 0.6) is 0 Å². The van der Waals surface area contributed by atoms with Crippen molar-refractivity contribution in [2.45, 2.75) is 31.9 Å². The Kier molecular flexibility index (Phi) is 5.72. The van der Waals surface area contributed by atoms with Crippen LogP contribution in [0.1, 0.15) is 45.8 Å². The van der Waals surface area contributed by atoms with Crippen molar-refractivity contribution in [3.63, 3.8) is 0 Å². The Hall–Kier alpha value is -2.83. The molecular formula is C21H21F3N2O2. The van der Waals surface area contributed by atoms with Crippen molar-refractivity contribution in [3.8, 4) is 0 Å². The van der Waals surface area contributed by atoms with Gasteiger partial charge in [0.2, 0.25) is 6.41 Å². The summed E-state index contributed by atoms with van der Waals surface area (Å²) in [6.07, 6.45) is -2.36. The molecule has 0 radical (unpaired) electrons. The standard InChI is InChI=1S/C21H21F3N2O2/c1-14-2-3-17(12-19(14)25-13-27)20(28)26-10-8-16(9-11-26)15-4-6-18(7-5-15)21(22,23)24/h2-7,12-13,16H,8-11H2,1H3,(H,25,27). The van der Waals surface area contributed by atoms with Gasteiger partial charge in [0.25, 0.3) is 5.91 Å². The summed E-state index contributed by atoms with van der Waals surface area (Å²) >= 11 is 0. The molecule has 2 amide bonds. The lowest BCUT2D eigenvalue weighted by Gasteiger charge is -2.32. The van der Waals surface area contributed by atoms with Crippen LogP contribution in [0.2, 0.25) is 0 Å². The fraction of sp³-hybridized carbons (Fsp3) is 0.333. The van der Waals surface area contributed by atoms with Crippen molar-refractivity contribution in [3.05, 3.63) is 64.7 Å². The second-order valence-corrected chi connectivity index (χ2v) is 6.98. The third-order valence-corrected chi connectivity index (χ3v) is 5.19. The van der Waals surface area contributed by atoms with Crippen LogP contribution in [-0.4, -0.2) is 30.3 Å². The van der Waals surface area contributed by atoms with E-state index < -0.39 is 11.7 Å². The lowest BCUT2D eigenvalue weighted by molar-refractivity contribution is -0.137. The molecule has 1 aliphatic rings. The molecular weight excluding hydrogens is 369 g/mol. The number of hydrogen-bond acceptors (Lipinski definition) is 2. The number of amides is 2. The summed E-state index contributed by atoms with van der Waals surface area (Å²) < 4.78 is 38.1. The zero-order valence-corrected chi connectivity index (χ0v) is 15.4. The number of carbonyl (C=O) groups is 2. The molecule has 3 rings (SSSR count). The molecule has 4 nitrogen and oxygen atoms in total. The molecule has 2 aromatic rings. The monoisotopic (exact) mass is 390 g/mol. The summed E-state index contributed by atoms with van der Waals surface area (Å²) in [4.78, 5) is 25.2. The number of alkyl halides is 3. The molecule has 0 aromatic heterocycles. The van der Waals surface area contributed by atoms with Gasteiger partial charge in [0.05, 0.1) is 5.56 Å². The van der Waals surface area contributed by atoms with E-state index >= 15 is 0 Å². The second-order valence-electron chi connectivity index (χ2n) is 6.98. The minimum Gasteiger partial charge on any atom is -0.339 e. The molecule has 0 bridgehead atoms. The molecule has 2 aromatic carbocycles. The number of aryl methyl sites for hydroxylation is 1. The summed E-state index contributed by atoms with van der Waals surface area (Å²) in [5.74, 6) is 0.0245. The molecule has 0 aliphatic carbocycles. The summed E-state index contributed by atoms with van der Waals surface area (Å²) in [5, 5.41) is 2.59. The highest BCUT2D eigenvalue weighted by atomic mass is 19.4. The zero-order valence-electron chi connectivity index (χ0n) is 15.4. The topological polar surface area (TPSA) is 49.4 Å². The zero-order chi connectivity index (χ0) is 20.3. The van der Waals surface area contributed by atoms with Crippen molar-refractivity contribution in [2.75, 3.05) is 18.4 Å². The van der Waals surface area contributed by atoms with E-state index in [0.717, 1.165) is 23.3 Å². The van der Waals surface area contributed by atoms with Crippen LogP contribution < -0.4 is 5.32 Å². The van der Waals surface area contributed by atoms with Crippen LogP contribution >= 0.6 is 0 Å². The Labute approximate surface area is 161 Å². The number of halogens is 3. The summed E-state index contributed by atoms with van der Waals surface area (Å²) in [6, 6.07) is 10.5. The first-order valence-electron chi connectivity index (χ1n) is 9.07. The number of carbonyl (C=O) groups excluding carboxylic acids is 2. The predicted octanol–water partition coefficient (Wildman–Crippen LogP) is 4.60. The van der Waals surface area contributed by atoms with E-state index in [2.05, 4.69) is 5.32 Å².